The predicted octanol–water partition coefficient (Wildman–Crippen LogP) is -0.619. The van der Waals surface area contributed by atoms with Crippen LogP contribution in [0.4, 0.5) is 0 Å². The van der Waals surface area contributed by atoms with E-state index in [0.717, 1.165) is 25.7 Å². The van der Waals surface area contributed by atoms with E-state index in [1.54, 1.807) is 0 Å². The van der Waals surface area contributed by atoms with Gasteiger partial charge >= 0.3 is 0 Å². The minimum absolute atomic E-state index is 0.154. The van der Waals surface area contributed by atoms with Gasteiger partial charge in [-0.3, -0.25) is 4.79 Å². The number of hydrogen-bond acceptors (Lipinski definition) is 4. The van der Waals surface area contributed by atoms with Crippen LogP contribution in [0.3, 0.4) is 0 Å². The van der Waals surface area contributed by atoms with E-state index in [0.29, 0.717) is 6.54 Å². The summed E-state index contributed by atoms with van der Waals surface area (Å²) >= 11 is 0. The molecule has 1 atom stereocenters. The molecule has 1 fully saturated rings. The van der Waals surface area contributed by atoms with Crippen LogP contribution in [0.15, 0.2) is 0 Å². The maximum atomic E-state index is 11.5. The van der Waals surface area contributed by atoms with Crippen molar-refractivity contribution in [1.29, 1.82) is 0 Å². The molecule has 0 heterocycles. The first-order chi connectivity index (χ1) is 7.11. The molecule has 4 N–H and O–H groups in total. The van der Waals surface area contributed by atoms with Gasteiger partial charge in [-0.25, -0.2) is 0 Å². The van der Waals surface area contributed by atoms with E-state index in [1.165, 1.54) is 7.11 Å². The lowest BCUT2D eigenvalue weighted by Crippen LogP contribution is -2.47. The van der Waals surface area contributed by atoms with Crippen molar-refractivity contribution in [2.24, 2.45) is 5.73 Å². The van der Waals surface area contributed by atoms with Crippen LogP contribution in [0.25, 0.3) is 0 Å². The standard InChI is InChI=1S/C10H20N2O3/c1-15-8(6-11)9(13)12-7-10(14)4-2-3-5-10/h8,14H,2-7,11H2,1H3,(H,12,13). The Bertz CT molecular complexity index is 211. The van der Waals surface area contributed by atoms with E-state index in [4.69, 9.17) is 10.5 Å². The van der Waals surface area contributed by atoms with Gasteiger partial charge in [-0.1, -0.05) is 12.8 Å². The lowest BCUT2D eigenvalue weighted by molar-refractivity contribution is -0.131. The molecular weight excluding hydrogens is 196 g/mol. The molecule has 1 unspecified atom stereocenters. The second-order valence-electron chi connectivity index (χ2n) is 4.11. The van der Waals surface area contributed by atoms with Gasteiger partial charge in [0.2, 0.25) is 0 Å². The third kappa shape index (κ3) is 3.44. The molecule has 0 aromatic rings. The van der Waals surface area contributed by atoms with Gasteiger partial charge in [0, 0.05) is 20.2 Å². The molecule has 0 spiro atoms. The molecule has 1 aliphatic rings. The Morgan fingerprint density at radius 1 is 1.60 bits per heavy atom. The summed E-state index contributed by atoms with van der Waals surface area (Å²) < 4.78 is 4.89. The lowest BCUT2D eigenvalue weighted by atomic mass is 10.0. The number of ether oxygens (including phenoxy) is 1. The van der Waals surface area contributed by atoms with Crippen molar-refractivity contribution in [3.63, 3.8) is 0 Å². The second kappa shape index (κ2) is 5.44. The minimum Gasteiger partial charge on any atom is -0.388 e. The van der Waals surface area contributed by atoms with Crippen LogP contribution in [-0.4, -0.2) is 42.9 Å². The smallest absolute Gasteiger partial charge is 0.250 e. The van der Waals surface area contributed by atoms with E-state index in [9.17, 15) is 9.90 Å². The topological polar surface area (TPSA) is 84.6 Å². The zero-order chi connectivity index (χ0) is 11.3. The first kappa shape index (κ1) is 12.4. The number of carbonyl (C=O) groups excluding carboxylic acids is 1. The first-order valence-electron chi connectivity index (χ1n) is 5.34. The quantitative estimate of drug-likeness (QED) is 0.572. The molecule has 1 aliphatic carbocycles. The predicted molar refractivity (Wildman–Crippen MR) is 56.3 cm³/mol. The molecule has 88 valence electrons. The summed E-state index contributed by atoms with van der Waals surface area (Å²) in [5, 5.41) is 12.7. The maximum Gasteiger partial charge on any atom is 0.250 e. The molecule has 1 saturated carbocycles. The first-order valence-corrected chi connectivity index (χ1v) is 5.34. The summed E-state index contributed by atoms with van der Waals surface area (Å²) in [5.41, 5.74) is 4.63. The number of amides is 1. The highest BCUT2D eigenvalue weighted by atomic mass is 16.5. The van der Waals surface area contributed by atoms with E-state index >= 15 is 0 Å². The van der Waals surface area contributed by atoms with Crippen LogP contribution < -0.4 is 11.1 Å². The maximum absolute atomic E-state index is 11.5. The number of aliphatic hydroxyl groups is 1. The van der Waals surface area contributed by atoms with Gasteiger partial charge in [0.05, 0.1) is 5.60 Å². The highest BCUT2D eigenvalue weighted by Crippen LogP contribution is 2.28. The van der Waals surface area contributed by atoms with Gasteiger partial charge in [-0.15, -0.1) is 0 Å². The highest BCUT2D eigenvalue weighted by molar-refractivity contribution is 5.81. The largest absolute Gasteiger partial charge is 0.388 e. The number of methoxy groups -OCH3 is 1. The fourth-order valence-electron chi connectivity index (χ4n) is 1.89. The van der Waals surface area contributed by atoms with Crippen molar-refractivity contribution in [3.05, 3.63) is 0 Å². The number of nitrogens with two attached hydrogens (primary N) is 1. The van der Waals surface area contributed by atoms with Gasteiger partial charge in [0.15, 0.2) is 0 Å². The summed E-state index contributed by atoms with van der Waals surface area (Å²) in [7, 11) is 1.45. The molecule has 5 heteroatoms. The Morgan fingerprint density at radius 2 is 2.20 bits per heavy atom. The summed E-state index contributed by atoms with van der Waals surface area (Å²) in [6.07, 6.45) is 2.95. The van der Waals surface area contributed by atoms with Gasteiger partial charge in [0.1, 0.15) is 6.10 Å². The van der Waals surface area contributed by atoms with Crippen LogP contribution in [0.2, 0.25) is 0 Å². The SMILES string of the molecule is COC(CN)C(=O)NCC1(O)CCCC1. The summed E-state index contributed by atoms with van der Waals surface area (Å²) in [6.45, 7) is 0.451. The average molecular weight is 216 g/mol. The van der Waals surface area contributed by atoms with E-state index in [-0.39, 0.29) is 12.5 Å². The van der Waals surface area contributed by atoms with Crippen molar-refractivity contribution in [3.8, 4) is 0 Å². The number of carbonyl (C=O) groups is 1. The number of hydrogen-bond donors (Lipinski definition) is 3. The molecule has 0 aromatic heterocycles. The molecule has 5 nitrogen and oxygen atoms in total. The Morgan fingerprint density at radius 3 is 2.67 bits per heavy atom. The fraction of sp³-hybridized carbons (Fsp3) is 0.900. The van der Waals surface area contributed by atoms with Crippen LogP contribution in [0.5, 0.6) is 0 Å². The Balaban J connectivity index is 2.32. The van der Waals surface area contributed by atoms with E-state index in [1.807, 2.05) is 0 Å². The molecular formula is C10H20N2O3. The van der Waals surface area contributed by atoms with Crippen molar-refractivity contribution >= 4 is 5.91 Å². The lowest BCUT2D eigenvalue weighted by Gasteiger charge is -2.23. The minimum atomic E-state index is -0.720. The van der Waals surface area contributed by atoms with Crippen molar-refractivity contribution in [2.45, 2.75) is 37.4 Å². The summed E-state index contributed by atoms with van der Waals surface area (Å²) in [5.74, 6) is -0.250. The zero-order valence-electron chi connectivity index (χ0n) is 9.16. The Hall–Kier alpha value is -0.650. The third-order valence-corrected chi connectivity index (χ3v) is 2.92. The van der Waals surface area contributed by atoms with Crippen molar-refractivity contribution < 1.29 is 14.6 Å². The summed E-state index contributed by atoms with van der Waals surface area (Å²) in [6, 6.07) is 0. The Kier molecular flexibility index (Phi) is 4.50. The molecule has 0 bridgehead atoms. The van der Waals surface area contributed by atoms with Gasteiger partial charge in [-0.05, 0) is 12.8 Å². The third-order valence-electron chi connectivity index (χ3n) is 2.92. The molecule has 15 heavy (non-hydrogen) atoms. The molecule has 0 aliphatic heterocycles. The molecule has 0 saturated heterocycles. The molecule has 1 amide bonds. The van der Waals surface area contributed by atoms with Crippen LogP contribution >= 0.6 is 0 Å². The summed E-state index contributed by atoms with van der Waals surface area (Å²) in [4.78, 5) is 11.5. The Labute approximate surface area is 90.0 Å². The average Bonchev–Trinajstić information content (AvgIpc) is 2.65. The van der Waals surface area contributed by atoms with Crippen LogP contribution in [-0.2, 0) is 9.53 Å². The number of nitrogens with one attached hydrogen (secondary N) is 1. The van der Waals surface area contributed by atoms with E-state index < -0.39 is 11.7 Å². The van der Waals surface area contributed by atoms with Gasteiger partial charge in [-0.2, -0.15) is 0 Å². The fourth-order valence-corrected chi connectivity index (χ4v) is 1.89. The highest BCUT2D eigenvalue weighted by Gasteiger charge is 2.31. The van der Waals surface area contributed by atoms with Gasteiger partial charge in [0.25, 0.3) is 5.91 Å². The molecule has 1 rings (SSSR count). The van der Waals surface area contributed by atoms with Crippen LogP contribution in [0, 0.1) is 0 Å². The zero-order valence-corrected chi connectivity index (χ0v) is 9.16. The van der Waals surface area contributed by atoms with Crippen LogP contribution in [0.1, 0.15) is 25.7 Å². The second-order valence-corrected chi connectivity index (χ2v) is 4.11. The van der Waals surface area contributed by atoms with E-state index in [2.05, 4.69) is 5.32 Å². The van der Waals surface area contributed by atoms with Gasteiger partial charge < -0.3 is 20.9 Å². The molecule has 0 radical (unpaired) electrons. The monoisotopic (exact) mass is 216 g/mol. The van der Waals surface area contributed by atoms with Crippen molar-refractivity contribution in [1.82, 2.24) is 5.32 Å². The molecule has 0 aromatic carbocycles. The van der Waals surface area contributed by atoms with Crippen molar-refractivity contribution in [2.75, 3.05) is 20.2 Å². The normalized spacial score (nSPS) is 21.3. The number of rotatable bonds is 5.